The second-order valence-electron chi connectivity index (χ2n) is 6.78. The number of likely N-dealkylation sites (tertiary alicyclic amines) is 1. The Kier molecular flexibility index (Phi) is 6.46. The highest BCUT2D eigenvalue weighted by molar-refractivity contribution is 7.89. The number of hydrogen-bond acceptors (Lipinski definition) is 4. The lowest BCUT2D eigenvalue weighted by atomic mass is 10.1. The van der Waals surface area contributed by atoms with Crippen molar-refractivity contribution >= 4 is 10.0 Å². The fraction of sp³-hybridized carbons (Fsp3) is 0.400. The number of hydrogen-bond donors (Lipinski definition) is 1. The van der Waals surface area contributed by atoms with Crippen LogP contribution >= 0.6 is 0 Å². The Balaban J connectivity index is 1.65. The normalized spacial score (nSPS) is 15.6. The smallest absolute Gasteiger partial charge is 0.240 e. The van der Waals surface area contributed by atoms with Crippen molar-refractivity contribution < 1.29 is 17.5 Å². The predicted octanol–water partition coefficient (Wildman–Crippen LogP) is 3.30. The molecule has 5 nitrogen and oxygen atoms in total. The maximum absolute atomic E-state index is 13.8. The topological polar surface area (TPSA) is 58.6 Å². The number of halogens is 1. The molecule has 1 fully saturated rings. The van der Waals surface area contributed by atoms with E-state index in [1.54, 1.807) is 0 Å². The molecule has 0 unspecified atom stereocenters. The van der Waals surface area contributed by atoms with Crippen LogP contribution in [0.15, 0.2) is 47.4 Å². The van der Waals surface area contributed by atoms with Gasteiger partial charge in [0.15, 0.2) is 11.6 Å². The van der Waals surface area contributed by atoms with Crippen LogP contribution in [0.1, 0.15) is 30.4 Å². The van der Waals surface area contributed by atoms with Crippen LogP contribution in [0.2, 0.25) is 0 Å². The molecule has 3 rings (SSSR count). The molecule has 1 aliphatic rings. The lowest BCUT2D eigenvalue weighted by Gasteiger charge is -2.26. The molecule has 27 heavy (non-hydrogen) atoms. The quantitative estimate of drug-likeness (QED) is 0.786. The molecule has 0 atom stereocenters. The van der Waals surface area contributed by atoms with E-state index < -0.39 is 15.8 Å². The molecular weight excluding hydrogens is 367 g/mol. The van der Waals surface area contributed by atoms with Gasteiger partial charge in [0.1, 0.15) is 0 Å². The molecular formula is C20H25FN2O3S. The van der Waals surface area contributed by atoms with Crippen LogP contribution < -0.4 is 9.46 Å². The van der Waals surface area contributed by atoms with Gasteiger partial charge >= 0.3 is 0 Å². The Labute approximate surface area is 160 Å². The minimum Gasteiger partial charge on any atom is -0.494 e. The molecule has 0 bridgehead atoms. The van der Waals surface area contributed by atoms with Gasteiger partial charge in [-0.3, -0.25) is 4.90 Å². The van der Waals surface area contributed by atoms with E-state index in [0.29, 0.717) is 0 Å². The first-order valence-electron chi connectivity index (χ1n) is 9.11. The lowest BCUT2D eigenvalue weighted by molar-refractivity contribution is 0.221. The minimum absolute atomic E-state index is 0.0133. The van der Waals surface area contributed by atoms with Crippen LogP contribution in [0.5, 0.6) is 5.75 Å². The maximum atomic E-state index is 13.8. The van der Waals surface area contributed by atoms with Crippen molar-refractivity contribution in [3.05, 3.63) is 59.4 Å². The molecule has 0 spiro atoms. The summed E-state index contributed by atoms with van der Waals surface area (Å²) in [6.45, 7) is 3.26. The van der Waals surface area contributed by atoms with Crippen LogP contribution in [0.4, 0.5) is 4.39 Å². The summed E-state index contributed by atoms with van der Waals surface area (Å²) in [5.41, 5.74) is 2.05. The van der Waals surface area contributed by atoms with Gasteiger partial charge in [-0.05, 0) is 55.3 Å². The largest absolute Gasteiger partial charge is 0.494 e. The number of benzene rings is 2. The summed E-state index contributed by atoms with van der Waals surface area (Å²) in [6.07, 6.45) is 3.76. The standard InChI is InChI=1S/C20H25FN2O3S/c1-26-20-9-8-18(13-19(20)21)27(24,25)22-14-16-6-5-7-17(12-16)15-23-10-3-2-4-11-23/h5-9,12-13,22H,2-4,10-11,14-15H2,1H3. The van der Waals surface area contributed by atoms with Crippen molar-refractivity contribution in [3.8, 4) is 5.75 Å². The van der Waals surface area contributed by atoms with Crippen LogP contribution in [-0.4, -0.2) is 33.5 Å². The summed E-state index contributed by atoms with van der Waals surface area (Å²) in [5, 5.41) is 0. The first-order chi connectivity index (χ1) is 13.0. The number of nitrogens with one attached hydrogen (secondary N) is 1. The summed E-state index contributed by atoms with van der Waals surface area (Å²) in [4.78, 5) is 2.30. The third-order valence-corrected chi connectivity index (χ3v) is 6.15. The molecule has 2 aromatic carbocycles. The molecule has 0 amide bonds. The van der Waals surface area contributed by atoms with E-state index in [9.17, 15) is 12.8 Å². The van der Waals surface area contributed by atoms with Crippen LogP contribution in [0, 0.1) is 5.82 Å². The first kappa shape index (κ1) is 19.8. The highest BCUT2D eigenvalue weighted by Crippen LogP contribution is 2.21. The number of sulfonamides is 1. The van der Waals surface area contributed by atoms with Gasteiger partial charge in [0, 0.05) is 13.1 Å². The molecule has 7 heteroatoms. The zero-order chi connectivity index (χ0) is 19.3. The van der Waals surface area contributed by atoms with Gasteiger partial charge in [0.05, 0.1) is 12.0 Å². The summed E-state index contributed by atoms with van der Waals surface area (Å²) in [5.74, 6) is -0.691. The molecule has 146 valence electrons. The maximum Gasteiger partial charge on any atom is 0.240 e. The van der Waals surface area contributed by atoms with E-state index in [4.69, 9.17) is 4.74 Å². The van der Waals surface area contributed by atoms with Crippen molar-refractivity contribution in [2.75, 3.05) is 20.2 Å². The van der Waals surface area contributed by atoms with E-state index in [-0.39, 0.29) is 17.2 Å². The Morgan fingerprint density at radius 2 is 1.81 bits per heavy atom. The Hall–Kier alpha value is -1.96. The first-order valence-corrected chi connectivity index (χ1v) is 10.6. The second-order valence-corrected chi connectivity index (χ2v) is 8.54. The average molecular weight is 392 g/mol. The zero-order valence-electron chi connectivity index (χ0n) is 15.4. The Morgan fingerprint density at radius 3 is 2.52 bits per heavy atom. The SMILES string of the molecule is COc1ccc(S(=O)(=O)NCc2cccc(CN3CCCCC3)c2)cc1F. The monoisotopic (exact) mass is 392 g/mol. The highest BCUT2D eigenvalue weighted by atomic mass is 32.2. The summed E-state index contributed by atoms with van der Waals surface area (Å²) < 4.78 is 46.0. The molecule has 1 N–H and O–H groups in total. The Morgan fingerprint density at radius 1 is 1.07 bits per heavy atom. The zero-order valence-corrected chi connectivity index (χ0v) is 16.3. The van der Waals surface area contributed by atoms with Crippen LogP contribution in [0.3, 0.4) is 0 Å². The Bertz CT molecular complexity index is 881. The number of ether oxygens (including phenoxy) is 1. The molecule has 1 aliphatic heterocycles. The van der Waals surface area contributed by atoms with Crippen molar-refractivity contribution in [2.24, 2.45) is 0 Å². The summed E-state index contributed by atoms with van der Waals surface area (Å²) >= 11 is 0. The fourth-order valence-electron chi connectivity index (χ4n) is 3.29. The van der Waals surface area contributed by atoms with E-state index in [1.807, 2.05) is 18.2 Å². The number of rotatable bonds is 7. The van der Waals surface area contributed by atoms with Crippen molar-refractivity contribution in [1.29, 1.82) is 0 Å². The lowest BCUT2D eigenvalue weighted by Crippen LogP contribution is -2.29. The van der Waals surface area contributed by atoms with E-state index in [1.165, 1.54) is 44.1 Å². The molecule has 0 saturated carbocycles. The van der Waals surface area contributed by atoms with Crippen molar-refractivity contribution in [1.82, 2.24) is 9.62 Å². The molecule has 1 saturated heterocycles. The number of methoxy groups -OCH3 is 1. The predicted molar refractivity (Wildman–Crippen MR) is 103 cm³/mol. The number of piperidine rings is 1. The molecule has 0 radical (unpaired) electrons. The van der Waals surface area contributed by atoms with Gasteiger partial charge in [-0.1, -0.05) is 30.7 Å². The minimum atomic E-state index is -3.80. The highest BCUT2D eigenvalue weighted by Gasteiger charge is 2.17. The van der Waals surface area contributed by atoms with Crippen LogP contribution in [0.25, 0.3) is 0 Å². The third kappa shape index (κ3) is 5.28. The molecule has 2 aromatic rings. The van der Waals surface area contributed by atoms with Gasteiger partial charge in [0.25, 0.3) is 0 Å². The van der Waals surface area contributed by atoms with Gasteiger partial charge in [-0.2, -0.15) is 0 Å². The van der Waals surface area contributed by atoms with Crippen molar-refractivity contribution in [3.63, 3.8) is 0 Å². The average Bonchev–Trinajstić information content (AvgIpc) is 2.67. The summed E-state index contributed by atoms with van der Waals surface area (Å²) in [6, 6.07) is 11.5. The fourth-order valence-corrected chi connectivity index (χ4v) is 4.32. The number of nitrogens with zero attached hydrogens (tertiary/aromatic N) is 1. The van der Waals surface area contributed by atoms with Gasteiger partial charge in [0.2, 0.25) is 10.0 Å². The van der Waals surface area contributed by atoms with Crippen molar-refractivity contribution in [2.45, 2.75) is 37.2 Å². The van der Waals surface area contributed by atoms with E-state index in [2.05, 4.69) is 15.7 Å². The second kappa shape index (κ2) is 8.82. The summed E-state index contributed by atoms with van der Waals surface area (Å²) in [7, 11) is -2.47. The van der Waals surface area contributed by atoms with Gasteiger partial charge in [-0.25, -0.2) is 17.5 Å². The molecule has 0 aromatic heterocycles. The van der Waals surface area contributed by atoms with E-state index >= 15 is 0 Å². The molecule has 1 heterocycles. The van der Waals surface area contributed by atoms with Gasteiger partial charge < -0.3 is 4.74 Å². The van der Waals surface area contributed by atoms with E-state index in [0.717, 1.165) is 31.3 Å². The van der Waals surface area contributed by atoms with Crippen LogP contribution in [-0.2, 0) is 23.1 Å². The third-order valence-electron chi connectivity index (χ3n) is 4.75. The van der Waals surface area contributed by atoms with Gasteiger partial charge in [-0.15, -0.1) is 0 Å². The molecule has 0 aliphatic carbocycles.